The predicted octanol–water partition coefficient (Wildman–Crippen LogP) is 4.52. The second-order valence-electron chi connectivity index (χ2n) is 8.67. The van der Waals surface area contributed by atoms with Gasteiger partial charge in [-0.05, 0) is 48.1 Å². The van der Waals surface area contributed by atoms with E-state index in [0.717, 1.165) is 35.1 Å². The number of carbonyl (C=O) groups is 2. The number of aromatic nitrogens is 4. The van der Waals surface area contributed by atoms with Crippen LogP contribution in [0.15, 0.2) is 60.3 Å². The van der Waals surface area contributed by atoms with E-state index >= 15 is 0 Å². The van der Waals surface area contributed by atoms with E-state index in [1.807, 2.05) is 62.4 Å². The first-order valence-electron chi connectivity index (χ1n) is 11.6. The summed E-state index contributed by atoms with van der Waals surface area (Å²) in [6.07, 6.45) is 3.59. The van der Waals surface area contributed by atoms with Gasteiger partial charge in [0.25, 0.3) is 0 Å². The Morgan fingerprint density at radius 2 is 1.88 bits per heavy atom. The standard InChI is InChI=1S/C26H29N5O3/c1-4-26(3)15-14-20(16-23(32)34-5-2)31(25(26)33)17-18-10-12-19(13-11-18)21-8-6-7-9-22(21)24-27-29-30-28-24/h6-13,16H,4-5,14-15,17H2,1-3H3,(H,27,28,29,30)/b20-16-. The van der Waals surface area contributed by atoms with Crippen molar-refractivity contribution in [1.82, 2.24) is 25.5 Å². The summed E-state index contributed by atoms with van der Waals surface area (Å²) >= 11 is 0. The summed E-state index contributed by atoms with van der Waals surface area (Å²) in [5.41, 5.74) is 4.13. The zero-order valence-corrected chi connectivity index (χ0v) is 19.7. The normalized spacial score (nSPS) is 19.4. The lowest BCUT2D eigenvalue weighted by molar-refractivity contribution is -0.143. The number of likely N-dealkylation sites (tertiary alicyclic amines) is 1. The lowest BCUT2D eigenvalue weighted by atomic mass is 9.77. The van der Waals surface area contributed by atoms with E-state index < -0.39 is 11.4 Å². The highest BCUT2D eigenvalue weighted by atomic mass is 16.5. The third-order valence-corrected chi connectivity index (χ3v) is 6.51. The number of amides is 1. The van der Waals surface area contributed by atoms with Crippen molar-refractivity contribution in [3.63, 3.8) is 0 Å². The number of carbonyl (C=O) groups excluding carboxylic acids is 2. The van der Waals surface area contributed by atoms with Gasteiger partial charge < -0.3 is 9.64 Å². The van der Waals surface area contributed by atoms with Gasteiger partial charge >= 0.3 is 5.97 Å². The Balaban J connectivity index is 1.61. The van der Waals surface area contributed by atoms with Crippen molar-refractivity contribution in [3.05, 3.63) is 65.9 Å². The number of H-pyrrole nitrogens is 1. The maximum atomic E-state index is 13.4. The van der Waals surface area contributed by atoms with Crippen LogP contribution < -0.4 is 0 Å². The molecule has 8 nitrogen and oxygen atoms in total. The van der Waals surface area contributed by atoms with Crippen molar-refractivity contribution in [2.45, 2.75) is 46.6 Å². The van der Waals surface area contributed by atoms with Crippen molar-refractivity contribution >= 4 is 11.9 Å². The van der Waals surface area contributed by atoms with Gasteiger partial charge in [0.05, 0.1) is 13.2 Å². The predicted molar refractivity (Wildman–Crippen MR) is 128 cm³/mol. The lowest BCUT2D eigenvalue weighted by Gasteiger charge is -2.40. The zero-order chi connectivity index (χ0) is 24.1. The summed E-state index contributed by atoms with van der Waals surface area (Å²) in [7, 11) is 0. The Kier molecular flexibility index (Phi) is 6.86. The van der Waals surface area contributed by atoms with Gasteiger partial charge in [0, 0.05) is 22.8 Å². The van der Waals surface area contributed by atoms with E-state index in [0.29, 0.717) is 31.1 Å². The molecule has 8 heteroatoms. The van der Waals surface area contributed by atoms with Crippen LogP contribution in [0.2, 0.25) is 0 Å². The fourth-order valence-electron chi connectivity index (χ4n) is 4.25. The summed E-state index contributed by atoms with van der Waals surface area (Å²) in [6, 6.07) is 15.9. The van der Waals surface area contributed by atoms with Gasteiger partial charge in [0.1, 0.15) is 0 Å². The average molecular weight is 460 g/mol. The topological polar surface area (TPSA) is 101 Å². The van der Waals surface area contributed by atoms with Crippen LogP contribution in [0.3, 0.4) is 0 Å². The van der Waals surface area contributed by atoms with E-state index in [1.54, 1.807) is 11.8 Å². The molecule has 1 N–H and O–H groups in total. The molecule has 1 fully saturated rings. The molecule has 0 aliphatic carbocycles. The van der Waals surface area contributed by atoms with Crippen LogP contribution in [-0.4, -0.2) is 44.0 Å². The molecule has 0 spiro atoms. The SMILES string of the molecule is CCOC(=O)/C=C1/CCC(C)(CC)C(=O)N1Cc1ccc(-c2ccccc2-c2nn[nH]n2)cc1. The molecule has 1 unspecified atom stereocenters. The van der Waals surface area contributed by atoms with Crippen LogP contribution in [0.1, 0.15) is 45.6 Å². The first kappa shape index (κ1) is 23.4. The second-order valence-corrected chi connectivity index (χ2v) is 8.67. The Hall–Kier alpha value is -3.81. The number of aromatic amines is 1. The largest absolute Gasteiger partial charge is 0.463 e. The van der Waals surface area contributed by atoms with Crippen LogP contribution in [0.5, 0.6) is 0 Å². The number of benzene rings is 2. The van der Waals surface area contributed by atoms with Crippen molar-refractivity contribution in [2.75, 3.05) is 6.61 Å². The number of hydrogen-bond donors (Lipinski definition) is 1. The van der Waals surface area contributed by atoms with Crippen molar-refractivity contribution in [1.29, 1.82) is 0 Å². The molecule has 176 valence electrons. The number of nitrogens with zero attached hydrogens (tertiary/aromatic N) is 4. The van der Waals surface area contributed by atoms with Gasteiger partial charge in [-0.3, -0.25) is 4.79 Å². The molecule has 34 heavy (non-hydrogen) atoms. The summed E-state index contributed by atoms with van der Waals surface area (Å²) in [5, 5.41) is 14.4. The number of esters is 1. The third-order valence-electron chi connectivity index (χ3n) is 6.51. The monoisotopic (exact) mass is 459 g/mol. The molecule has 1 atom stereocenters. The molecular weight excluding hydrogens is 430 g/mol. The van der Waals surface area contributed by atoms with Crippen molar-refractivity contribution < 1.29 is 14.3 Å². The number of ether oxygens (including phenoxy) is 1. The summed E-state index contributed by atoms with van der Waals surface area (Å²) in [4.78, 5) is 27.3. The Bertz CT molecular complexity index is 1190. The zero-order valence-electron chi connectivity index (χ0n) is 19.7. The quantitative estimate of drug-likeness (QED) is 0.412. The highest BCUT2D eigenvalue weighted by Gasteiger charge is 2.40. The average Bonchev–Trinajstić information content (AvgIpc) is 3.39. The van der Waals surface area contributed by atoms with Gasteiger partial charge in [-0.25, -0.2) is 4.79 Å². The maximum absolute atomic E-state index is 13.4. The maximum Gasteiger partial charge on any atom is 0.332 e. The smallest absolute Gasteiger partial charge is 0.332 e. The van der Waals surface area contributed by atoms with E-state index in [1.165, 1.54) is 6.08 Å². The van der Waals surface area contributed by atoms with Gasteiger partial charge in [0.2, 0.25) is 11.7 Å². The molecule has 4 rings (SSSR count). The van der Waals surface area contributed by atoms with E-state index in [2.05, 4.69) is 20.6 Å². The number of rotatable bonds is 7. The van der Waals surface area contributed by atoms with Crippen molar-refractivity contribution in [3.8, 4) is 22.5 Å². The molecule has 1 aliphatic heterocycles. The summed E-state index contributed by atoms with van der Waals surface area (Å²) in [5.74, 6) is 0.165. The number of nitrogens with one attached hydrogen (secondary N) is 1. The molecule has 0 radical (unpaired) electrons. The van der Waals surface area contributed by atoms with Crippen LogP contribution in [-0.2, 0) is 20.9 Å². The molecule has 1 saturated heterocycles. The van der Waals surface area contributed by atoms with E-state index in [-0.39, 0.29) is 5.91 Å². The first-order valence-corrected chi connectivity index (χ1v) is 11.6. The second kappa shape index (κ2) is 9.99. The Morgan fingerprint density at radius 3 is 2.53 bits per heavy atom. The molecule has 1 amide bonds. The number of piperidine rings is 1. The van der Waals surface area contributed by atoms with E-state index in [9.17, 15) is 9.59 Å². The summed E-state index contributed by atoms with van der Waals surface area (Å²) < 4.78 is 5.09. The summed E-state index contributed by atoms with van der Waals surface area (Å²) in [6.45, 7) is 6.50. The highest BCUT2D eigenvalue weighted by molar-refractivity contribution is 5.88. The number of hydrogen-bond acceptors (Lipinski definition) is 6. The van der Waals surface area contributed by atoms with Gasteiger partial charge in [0.15, 0.2) is 0 Å². The molecule has 1 aromatic heterocycles. The number of allylic oxidation sites excluding steroid dienone is 1. The van der Waals surface area contributed by atoms with Gasteiger partial charge in [-0.15, -0.1) is 10.2 Å². The molecular formula is C26H29N5O3. The number of tetrazole rings is 1. The minimum atomic E-state index is -0.435. The van der Waals surface area contributed by atoms with Gasteiger partial charge in [-0.2, -0.15) is 5.21 Å². The molecule has 0 bridgehead atoms. The van der Waals surface area contributed by atoms with Gasteiger partial charge in [-0.1, -0.05) is 62.4 Å². The highest BCUT2D eigenvalue weighted by Crippen LogP contribution is 2.39. The van der Waals surface area contributed by atoms with E-state index in [4.69, 9.17) is 4.74 Å². The molecule has 2 heterocycles. The molecule has 0 saturated carbocycles. The molecule has 2 aromatic carbocycles. The fraction of sp³-hybridized carbons (Fsp3) is 0.346. The van der Waals surface area contributed by atoms with Crippen LogP contribution >= 0.6 is 0 Å². The van der Waals surface area contributed by atoms with Crippen molar-refractivity contribution in [2.24, 2.45) is 5.41 Å². The van der Waals surface area contributed by atoms with Crippen LogP contribution in [0.25, 0.3) is 22.5 Å². The minimum absolute atomic E-state index is 0.0447. The molecule has 1 aliphatic rings. The Morgan fingerprint density at radius 1 is 1.15 bits per heavy atom. The fourth-order valence-corrected chi connectivity index (χ4v) is 4.25. The lowest BCUT2D eigenvalue weighted by Crippen LogP contribution is -2.45. The third kappa shape index (κ3) is 4.76. The Labute approximate surface area is 199 Å². The van der Waals surface area contributed by atoms with Crippen LogP contribution in [0, 0.1) is 5.41 Å². The minimum Gasteiger partial charge on any atom is -0.463 e. The molecule has 3 aromatic rings. The van der Waals surface area contributed by atoms with Crippen LogP contribution in [0.4, 0.5) is 0 Å². The first-order chi connectivity index (χ1) is 16.4.